The van der Waals surface area contributed by atoms with E-state index in [1.165, 1.54) is 18.2 Å². The third kappa shape index (κ3) is 11.5. The lowest BCUT2D eigenvalue weighted by molar-refractivity contribution is 0.0326. The smallest absolute Gasteiger partial charge is 0.363 e. The summed E-state index contributed by atoms with van der Waals surface area (Å²) in [5, 5.41) is 4.60. The summed E-state index contributed by atoms with van der Waals surface area (Å²) in [5.74, 6) is -3.38. The Labute approximate surface area is 405 Å². The van der Waals surface area contributed by atoms with E-state index < -0.39 is 55.4 Å². The molecule has 362 valence electrons. The number of esters is 2. The summed E-state index contributed by atoms with van der Waals surface area (Å²) < 4.78 is 83.1. The van der Waals surface area contributed by atoms with Gasteiger partial charge >= 0.3 is 11.9 Å². The van der Waals surface area contributed by atoms with Crippen molar-refractivity contribution < 1.29 is 45.0 Å². The lowest BCUT2D eigenvalue weighted by Gasteiger charge is -2.24. The summed E-state index contributed by atoms with van der Waals surface area (Å²) in [6.07, 6.45) is 3.15. The van der Waals surface area contributed by atoms with E-state index in [1.807, 2.05) is 56.3 Å². The van der Waals surface area contributed by atoms with Crippen molar-refractivity contribution in [2.75, 3.05) is 32.2 Å². The van der Waals surface area contributed by atoms with Gasteiger partial charge in [-0.2, -0.15) is 0 Å². The number of hydrogen-bond acceptors (Lipinski definition) is 11. The van der Waals surface area contributed by atoms with Crippen molar-refractivity contribution in [1.29, 1.82) is 0 Å². The number of carbonyl (C=O) groups excluding carboxylic acids is 2. The average molecular weight is 998 g/mol. The molecule has 7 aromatic rings. The number of sulfone groups is 2. The number of hydrogen-bond donors (Lipinski definition) is 4. The first-order valence-corrected chi connectivity index (χ1v) is 27.1. The van der Waals surface area contributed by atoms with Gasteiger partial charge in [0.25, 0.3) is 0 Å². The van der Waals surface area contributed by atoms with E-state index in [9.17, 15) is 26.4 Å². The molecule has 1 saturated heterocycles. The van der Waals surface area contributed by atoms with E-state index in [1.54, 1.807) is 36.4 Å². The van der Waals surface area contributed by atoms with Crippen LogP contribution in [0.2, 0.25) is 5.02 Å². The number of nitrogens with two attached hydrogens (primary N) is 1. The standard InChI is InChI=1S/C52H54ClFN4O9S2/c1-30(65-26-33-13-11-32(25-55)12-14-33)39-7-5-9-41-45(35-15-17-37(43(53)23-35)28-68(3,61)62)49(57-47(39)41)51(59)67-52(60)50-46(36-16-18-38(44(54)24-36)29-69(4,63)64)42-10-6-8-40(48(42)58-50)31(2)66-27-34-19-21-56-22-20-34/h5-18,23-24,30-31,34,56-58H,19-22,25-29,55H2,1-4H3/t30-,31-/m1/s1. The number of ether oxygens (including phenoxy) is 3. The number of piperidine rings is 1. The van der Waals surface area contributed by atoms with Crippen molar-refractivity contribution in [2.45, 2.75) is 63.6 Å². The van der Waals surface area contributed by atoms with E-state index in [0.717, 1.165) is 49.6 Å². The van der Waals surface area contributed by atoms with Crippen LogP contribution >= 0.6 is 11.6 Å². The zero-order chi connectivity index (χ0) is 49.2. The van der Waals surface area contributed by atoms with Gasteiger partial charge in [0.1, 0.15) is 17.2 Å². The highest BCUT2D eigenvalue weighted by atomic mass is 35.5. The molecule has 13 nitrogen and oxygen atoms in total. The van der Waals surface area contributed by atoms with Crippen molar-refractivity contribution in [3.05, 3.63) is 153 Å². The number of nitrogens with one attached hydrogen (secondary N) is 3. The molecule has 0 amide bonds. The van der Waals surface area contributed by atoms with E-state index in [4.69, 9.17) is 31.5 Å². The predicted molar refractivity (Wildman–Crippen MR) is 267 cm³/mol. The molecule has 0 unspecified atom stereocenters. The number of rotatable bonds is 17. The molecule has 1 aliphatic rings. The molecule has 3 heterocycles. The van der Waals surface area contributed by atoms with E-state index in [2.05, 4.69) is 15.3 Å². The number of fused-ring (bicyclic) bond motifs is 2. The summed E-state index contributed by atoms with van der Waals surface area (Å²) in [6, 6.07) is 27.5. The molecular formula is C52H54ClFN4O9S2. The number of H-pyrrole nitrogens is 2. The molecular weight excluding hydrogens is 943 g/mol. The summed E-state index contributed by atoms with van der Waals surface area (Å²) in [7, 11) is -7.03. The highest BCUT2D eigenvalue weighted by Crippen LogP contribution is 2.41. The molecule has 5 N–H and O–H groups in total. The molecule has 0 spiro atoms. The largest absolute Gasteiger partial charge is 0.383 e. The second-order valence-corrected chi connectivity index (χ2v) is 22.5. The topological polar surface area (TPSA) is 200 Å². The average Bonchev–Trinajstić information content (AvgIpc) is 3.91. The van der Waals surface area contributed by atoms with E-state index in [-0.39, 0.29) is 45.5 Å². The summed E-state index contributed by atoms with van der Waals surface area (Å²) in [5.41, 5.74) is 11.5. The lowest BCUT2D eigenvalue weighted by Crippen LogP contribution is -2.30. The SMILES string of the molecule is C[C@@H](OCc1ccc(CN)cc1)c1cccc2c(-c3ccc(CS(C)(=O)=O)c(Cl)c3)c(C(=O)OC(=O)c3[nH]c4c([C@@H](C)OCC5CCNCC5)cccc4c3-c3ccc(CS(C)(=O)=O)c(F)c3)[nH]c12. The number of aromatic amines is 2. The Bertz CT molecular complexity index is 3290. The van der Waals surface area contributed by atoms with Crippen LogP contribution in [0.25, 0.3) is 44.1 Å². The summed E-state index contributed by atoms with van der Waals surface area (Å²) >= 11 is 6.72. The van der Waals surface area contributed by atoms with Gasteiger partial charge in [-0.1, -0.05) is 96.5 Å². The monoisotopic (exact) mass is 996 g/mol. The zero-order valence-electron chi connectivity index (χ0n) is 38.7. The first-order valence-electron chi connectivity index (χ1n) is 22.6. The Morgan fingerprint density at radius 2 is 1.22 bits per heavy atom. The van der Waals surface area contributed by atoms with Crippen LogP contribution in [0.15, 0.2) is 97.1 Å². The first-order chi connectivity index (χ1) is 32.9. The van der Waals surface area contributed by atoms with Gasteiger partial charge < -0.3 is 35.2 Å². The van der Waals surface area contributed by atoms with Crippen molar-refractivity contribution in [3.63, 3.8) is 0 Å². The Kier molecular flexibility index (Phi) is 14.9. The van der Waals surface area contributed by atoms with Gasteiger partial charge in [0.05, 0.1) is 48.0 Å². The van der Waals surface area contributed by atoms with Gasteiger partial charge in [0.2, 0.25) is 0 Å². The van der Waals surface area contributed by atoms with Crippen LogP contribution in [-0.2, 0) is 58.5 Å². The van der Waals surface area contributed by atoms with Crippen molar-refractivity contribution >= 4 is 65.0 Å². The minimum Gasteiger partial charge on any atom is -0.383 e. The zero-order valence-corrected chi connectivity index (χ0v) is 41.0. The van der Waals surface area contributed by atoms with Gasteiger partial charge in [-0.3, -0.25) is 0 Å². The third-order valence-electron chi connectivity index (χ3n) is 12.5. The van der Waals surface area contributed by atoms with E-state index in [0.29, 0.717) is 68.7 Å². The van der Waals surface area contributed by atoms with Crippen LogP contribution in [0.3, 0.4) is 0 Å². The fourth-order valence-corrected chi connectivity index (χ4v) is 10.9. The molecule has 0 saturated carbocycles. The number of halogens is 2. The normalized spacial score (nSPS) is 14.6. The van der Waals surface area contributed by atoms with Gasteiger partial charge in [-0.05, 0) is 85.6 Å². The number of carbonyl (C=O) groups is 2. The highest BCUT2D eigenvalue weighted by molar-refractivity contribution is 7.90. The molecule has 0 bridgehead atoms. The van der Waals surface area contributed by atoms with E-state index >= 15 is 4.39 Å². The fraction of sp³-hybridized carbons (Fsp3) is 0.308. The van der Waals surface area contributed by atoms with Crippen LogP contribution in [-0.4, -0.2) is 71.0 Å². The van der Waals surface area contributed by atoms with Gasteiger partial charge in [0.15, 0.2) is 19.7 Å². The summed E-state index contributed by atoms with van der Waals surface area (Å²) in [6.45, 7) is 6.83. The van der Waals surface area contributed by atoms with Gasteiger partial charge in [-0.25, -0.2) is 30.8 Å². The molecule has 0 aliphatic carbocycles. The molecule has 2 atom stereocenters. The highest BCUT2D eigenvalue weighted by Gasteiger charge is 2.30. The Balaban J connectivity index is 1.20. The maximum absolute atomic E-state index is 15.8. The van der Waals surface area contributed by atoms with Crippen molar-refractivity contribution in [2.24, 2.45) is 11.7 Å². The third-order valence-corrected chi connectivity index (χ3v) is 14.5. The molecule has 5 aromatic carbocycles. The van der Waals surface area contributed by atoms with Crippen LogP contribution < -0.4 is 11.1 Å². The molecule has 69 heavy (non-hydrogen) atoms. The molecule has 8 rings (SSSR count). The molecule has 1 fully saturated rings. The molecule has 2 aromatic heterocycles. The fourth-order valence-electron chi connectivity index (χ4n) is 8.96. The van der Waals surface area contributed by atoms with Crippen LogP contribution in [0, 0.1) is 11.7 Å². The van der Waals surface area contributed by atoms with Crippen LogP contribution in [0.1, 0.15) is 93.3 Å². The molecule has 0 radical (unpaired) electrons. The van der Waals surface area contributed by atoms with Crippen LogP contribution in [0.5, 0.6) is 0 Å². The number of benzene rings is 5. The van der Waals surface area contributed by atoms with Crippen LogP contribution in [0.4, 0.5) is 4.39 Å². The Morgan fingerprint density at radius 1 is 0.710 bits per heavy atom. The van der Waals surface area contributed by atoms with Crippen molar-refractivity contribution in [1.82, 2.24) is 15.3 Å². The minimum absolute atomic E-state index is 0.0444. The molecule has 1 aliphatic heterocycles. The Morgan fingerprint density at radius 3 is 1.74 bits per heavy atom. The first kappa shape index (κ1) is 49.7. The second-order valence-electron chi connectivity index (χ2n) is 17.9. The predicted octanol–water partition coefficient (Wildman–Crippen LogP) is 9.68. The maximum Gasteiger partial charge on any atom is 0.363 e. The summed E-state index contributed by atoms with van der Waals surface area (Å²) in [4.78, 5) is 35.8. The van der Waals surface area contributed by atoms with Gasteiger partial charge in [0, 0.05) is 62.7 Å². The Hall–Kier alpha value is -5.72. The van der Waals surface area contributed by atoms with Crippen molar-refractivity contribution in [3.8, 4) is 22.3 Å². The second kappa shape index (κ2) is 20.7. The van der Waals surface area contributed by atoms with Gasteiger partial charge in [-0.15, -0.1) is 0 Å². The number of para-hydroxylation sites is 2. The quantitative estimate of drug-likeness (QED) is 0.0500. The molecule has 17 heteroatoms. The lowest BCUT2D eigenvalue weighted by atomic mass is 9.97. The number of aromatic nitrogens is 2. The maximum atomic E-state index is 15.8. The minimum atomic E-state index is -3.58.